The summed E-state index contributed by atoms with van der Waals surface area (Å²) in [7, 11) is 0. The van der Waals surface area contributed by atoms with Crippen molar-refractivity contribution in [3.63, 3.8) is 0 Å². The van der Waals surface area contributed by atoms with Gasteiger partial charge in [0.25, 0.3) is 0 Å². The van der Waals surface area contributed by atoms with Crippen molar-refractivity contribution in [2.45, 2.75) is 26.2 Å². The number of nitrogens with two attached hydrogens (primary N) is 2. The molecule has 1 aromatic carbocycles. The zero-order chi connectivity index (χ0) is 12.3. The van der Waals surface area contributed by atoms with Crippen LogP contribution in [0.25, 0.3) is 6.08 Å². The monoisotopic (exact) mass is 218 g/mol. The van der Waals surface area contributed by atoms with Crippen molar-refractivity contribution >= 4 is 17.7 Å². The van der Waals surface area contributed by atoms with E-state index in [0.29, 0.717) is 5.69 Å². The van der Waals surface area contributed by atoms with Gasteiger partial charge in [-0.2, -0.15) is 0 Å². The van der Waals surface area contributed by atoms with Crippen molar-refractivity contribution in [1.82, 2.24) is 0 Å². The van der Waals surface area contributed by atoms with Crippen molar-refractivity contribution in [2.24, 2.45) is 5.73 Å². The molecule has 0 unspecified atom stereocenters. The first-order chi connectivity index (χ1) is 7.30. The van der Waals surface area contributed by atoms with Crippen LogP contribution in [0.3, 0.4) is 0 Å². The average Bonchev–Trinajstić information content (AvgIpc) is 2.14. The number of carbonyl (C=O) groups is 1. The number of hydrogen-bond donors (Lipinski definition) is 2. The minimum Gasteiger partial charge on any atom is -0.398 e. The fourth-order valence-electron chi connectivity index (χ4n) is 1.36. The number of amides is 1. The Hall–Kier alpha value is -1.77. The van der Waals surface area contributed by atoms with E-state index in [-0.39, 0.29) is 5.41 Å². The molecule has 3 heteroatoms. The summed E-state index contributed by atoms with van der Waals surface area (Å²) in [5, 5.41) is 0. The molecular weight excluding hydrogens is 200 g/mol. The van der Waals surface area contributed by atoms with Gasteiger partial charge in [-0.3, -0.25) is 4.79 Å². The van der Waals surface area contributed by atoms with E-state index >= 15 is 0 Å². The van der Waals surface area contributed by atoms with Gasteiger partial charge in [0, 0.05) is 11.8 Å². The molecule has 16 heavy (non-hydrogen) atoms. The highest BCUT2D eigenvalue weighted by atomic mass is 16.1. The Bertz CT molecular complexity index is 428. The summed E-state index contributed by atoms with van der Waals surface area (Å²) in [6, 6.07) is 5.83. The first kappa shape index (κ1) is 12.3. The maximum Gasteiger partial charge on any atom is 0.241 e. The first-order valence-corrected chi connectivity index (χ1v) is 5.18. The molecule has 0 heterocycles. The van der Waals surface area contributed by atoms with Gasteiger partial charge in [0.15, 0.2) is 0 Å². The second-order valence-electron chi connectivity index (χ2n) is 4.83. The second-order valence-corrected chi connectivity index (χ2v) is 4.83. The molecule has 0 aliphatic rings. The van der Waals surface area contributed by atoms with Gasteiger partial charge < -0.3 is 11.5 Å². The Labute approximate surface area is 96.1 Å². The van der Waals surface area contributed by atoms with Crippen molar-refractivity contribution in [3.05, 3.63) is 35.4 Å². The zero-order valence-electron chi connectivity index (χ0n) is 9.95. The minimum absolute atomic E-state index is 0.0585. The van der Waals surface area contributed by atoms with Gasteiger partial charge in [0.05, 0.1) is 0 Å². The summed E-state index contributed by atoms with van der Waals surface area (Å²) in [6.45, 7) is 6.38. The fourth-order valence-corrected chi connectivity index (χ4v) is 1.36. The molecule has 0 saturated heterocycles. The van der Waals surface area contributed by atoms with Crippen LogP contribution in [0.1, 0.15) is 31.9 Å². The van der Waals surface area contributed by atoms with Crippen molar-refractivity contribution in [2.75, 3.05) is 5.73 Å². The highest BCUT2D eigenvalue weighted by Gasteiger charge is 2.14. The highest BCUT2D eigenvalue weighted by molar-refractivity contribution is 5.91. The number of rotatable bonds is 2. The predicted octanol–water partition coefficient (Wildman–Crippen LogP) is 2.06. The number of hydrogen-bond acceptors (Lipinski definition) is 2. The number of nitrogen functional groups attached to an aromatic ring is 1. The summed E-state index contributed by atoms with van der Waals surface area (Å²) in [5.41, 5.74) is 13.6. The molecule has 0 aromatic heterocycles. The fraction of sp³-hybridized carbons (Fsp3) is 0.308. The SMILES string of the molecule is CC(C)(C)c1ccc(N)c(C=CC(N)=O)c1. The lowest BCUT2D eigenvalue weighted by Gasteiger charge is -2.20. The smallest absolute Gasteiger partial charge is 0.241 e. The second kappa shape index (κ2) is 4.39. The summed E-state index contributed by atoms with van der Waals surface area (Å²) >= 11 is 0. The molecule has 4 N–H and O–H groups in total. The molecule has 0 fully saturated rings. The van der Waals surface area contributed by atoms with Gasteiger partial charge in [-0.05, 0) is 34.8 Å². The molecule has 0 spiro atoms. The molecular formula is C13H18N2O. The van der Waals surface area contributed by atoms with Crippen molar-refractivity contribution in [1.29, 1.82) is 0 Å². The maximum absolute atomic E-state index is 10.7. The Morgan fingerprint density at radius 3 is 2.44 bits per heavy atom. The van der Waals surface area contributed by atoms with Crippen LogP contribution in [-0.2, 0) is 10.2 Å². The number of carbonyl (C=O) groups excluding carboxylic acids is 1. The normalized spacial score (nSPS) is 11.9. The lowest BCUT2D eigenvalue weighted by molar-refractivity contribution is -0.113. The Morgan fingerprint density at radius 1 is 1.31 bits per heavy atom. The lowest BCUT2D eigenvalue weighted by Crippen LogP contribution is -2.11. The van der Waals surface area contributed by atoms with Crippen molar-refractivity contribution in [3.8, 4) is 0 Å². The molecule has 0 saturated carbocycles. The number of benzene rings is 1. The van der Waals surface area contributed by atoms with Crippen LogP contribution in [0.4, 0.5) is 5.69 Å². The number of anilines is 1. The maximum atomic E-state index is 10.7. The first-order valence-electron chi connectivity index (χ1n) is 5.18. The standard InChI is InChI=1S/C13H18N2O/c1-13(2,3)10-5-6-11(14)9(8-10)4-7-12(15)16/h4-8H,14H2,1-3H3,(H2,15,16). The van der Waals surface area contributed by atoms with E-state index in [9.17, 15) is 4.79 Å². The molecule has 86 valence electrons. The predicted molar refractivity (Wildman–Crippen MR) is 67.8 cm³/mol. The van der Waals surface area contributed by atoms with Crippen LogP contribution >= 0.6 is 0 Å². The van der Waals surface area contributed by atoms with E-state index < -0.39 is 5.91 Å². The summed E-state index contributed by atoms with van der Waals surface area (Å²) < 4.78 is 0. The van der Waals surface area contributed by atoms with Gasteiger partial charge >= 0.3 is 0 Å². The molecule has 3 nitrogen and oxygen atoms in total. The third kappa shape index (κ3) is 3.12. The molecule has 0 radical (unpaired) electrons. The Balaban J connectivity index is 3.14. The van der Waals surface area contributed by atoms with E-state index in [1.807, 2.05) is 18.2 Å². The zero-order valence-corrected chi connectivity index (χ0v) is 9.95. The van der Waals surface area contributed by atoms with E-state index in [4.69, 9.17) is 11.5 Å². The summed E-state index contributed by atoms with van der Waals surface area (Å²) in [6.07, 6.45) is 2.96. The van der Waals surface area contributed by atoms with Gasteiger partial charge in [-0.1, -0.05) is 26.8 Å². The van der Waals surface area contributed by atoms with Crippen LogP contribution in [0.2, 0.25) is 0 Å². The van der Waals surface area contributed by atoms with E-state index in [2.05, 4.69) is 20.8 Å². The van der Waals surface area contributed by atoms with Crippen LogP contribution in [0, 0.1) is 0 Å². The topological polar surface area (TPSA) is 69.1 Å². The summed E-state index contributed by atoms with van der Waals surface area (Å²) in [4.78, 5) is 10.7. The molecule has 0 bridgehead atoms. The van der Waals surface area contributed by atoms with Crippen LogP contribution < -0.4 is 11.5 Å². The molecule has 0 atom stereocenters. The van der Waals surface area contributed by atoms with Crippen LogP contribution in [-0.4, -0.2) is 5.91 Å². The highest BCUT2D eigenvalue weighted by Crippen LogP contribution is 2.26. The Kier molecular flexibility index (Phi) is 3.38. The lowest BCUT2D eigenvalue weighted by atomic mass is 9.86. The molecule has 1 aromatic rings. The third-order valence-corrected chi connectivity index (χ3v) is 2.38. The largest absolute Gasteiger partial charge is 0.398 e. The average molecular weight is 218 g/mol. The molecule has 0 aliphatic heterocycles. The summed E-state index contributed by atoms with van der Waals surface area (Å²) in [5.74, 6) is -0.472. The number of primary amides is 1. The molecule has 1 rings (SSSR count). The van der Waals surface area contributed by atoms with Gasteiger partial charge in [0.2, 0.25) is 5.91 Å². The molecule has 0 aliphatic carbocycles. The van der Waals surface area contributed by atoms with E-state index in [0.717, 1.165) is 5.56 Å². The van der Waals surface area contributed by atoms with Gasteiger partial charge in [-0.15, -0.1) is 0 Å². The van der Waals surface area contributed by atoms with Crippen LogP contribution in [0.5, 0.6) is 0 Å². The van der Waals surface area contributed by atoms with Crippen molar-refractivity contribution < 1.29 is 4.79 Å². The Morgan fingerprint density at radius 2 is 1.94 bits per heavy atom. The quantitative estimate of drug-likeness (QED) is 0.589. The third-order valence-electron chi connectivity index (χ3n) is 2.38. The van der Waals surface area contributed by atoms with Gasteiger partial charge in [0.1, 0.15) is 0 Å². The van der Waals surface area contributed by atoms with Crippen LogP contribution in [0.15, 0.2) is 24.3 Å². The molecule has 1 amide bonds. The minimum atomic E-state index is -0.472. The van der Waals surface area contributed by atoms with E-state index in [1.165, 1.54) is 11.6 Å². The van der Waals surface area contributed by atoms with Gasteiger partial charge in [-0.25, -0.2) is 0 Å². The van der Waals surface area contributed by atoms with E-state index in [1.54, 1.807) is 6.08 Å².